The first-order chi connectivity index (χ1) is 8.09. The largest absolute Gasteiger partial charge is 0.397 e. The summed E-state index contributed by atoms with van der Waals surface area (Å²) in [6, 6.07) is 4.40. The lowest BCUT2D eigenvalue weighted by atomic mass is 10.2. The van der Waals surface area contributed by atoms with E-state index in [-0.39, 0.29) is 6.04 Å². The molecule has 0 bridgehead atoms. The van der Waals surface area contributed by atoms with Gasteiger partial charge in [0.05, 0.1) is 22.4 Å². The fourth-order valence-electron chi connectivity index (χ4n) is 1.51. The molecule has 2 aromatic heterocycles. The van der Waals surface area contributed by atoms with E-state index in [0.29, 0.717) is 5.69 Å². The lowest BCUT2D eigenvalue weighted by Crippen LogP contribution is -2.08. The van der Waals surface area contributed by atoms with Gasteiger partial charge in [-0.1, -0.05) is 6.07 Å². The topological polar surface area (TPSA) is 50.9 Å². The number of rotatable bonds is 3. The lowest BCUT2D eigenvalue weighted by Gasteiger charge is -2.15. The number of nitrogens with one attached hydrogen (secondary N) is 1. The monoisotopic (exact) mass is 311 g/mol. The summed E-state index contributed by atoms with van der Waals surface area (Å²) in [5, 5.41) is 5.45. The molecule has 2 rings (SSSR count). The van der Waals surface area contributed by atoms with Crippen molar-refractivity contribution in [1.82, 2.24) is 4.98 Å². The number of pyridine rings is 1. The normalized spacial score (nSPS) is 12.4. The van der Waals surface area contributed by atoms with Gasteiger partial charge in [0.1, 0.15) is 5.82 Å². The van der Waals surface area contributed by atoms with Gasteiger partial charge in [-0.05, 0) is 46.8 Å². The number of hydrogen-bond donors (Lipinski definition) is 2. The molecule has 0 spiro atoms. The molecule has 1 atom stereocenters. The van der Waals surface area contributed by atoms with E-state index < -0.39 is 0 Å². The summed E-state index contributed by atoms with van der Waals surface area (Å²) in [5.41, 5.74) is 7.51. The number of aromatic nitrogens is 1. The van der Waals surface area contributed by atoms with Crippen molar-refractivity contribution >= 4 is 38.8 Å². The van der Waals surface area contributed by atoms with Crippen molar-refractivity contribution in [2.75, 3.05) is 11.1 Å². The van der Waals surface area contributed by atoms with Crippen LogP contribution in [0.25, 0.3) is 0 Å². The molecule has 0 fully saturated rings. The van der Waals surface area contributed by atoms with Crippen LogP contribution >= 0.6 is 27.3 Å². The zero-order chi connectivity index (χ0) is 12.4. The zero-order valence-electron chi connectivity index (χ0n) is 9.70. The smallest absolute Gasteiger partial charge is 0.141 e. The Bertz CT molecular complexity index is 511. The van der Waals surface area contributed by atoms with Crippen LogP contribution in [-0.4, -0.2) is 4.98 Å². The van der Waals surface area contributed by atoms with E-state index in [1.807, 2.05) is 6.92 Å². The summed E-state index contributed by atoms with van der Waals surface area (Å²) in [7, 11) is 0. The highest BCUT2D eigenvalue weighted by atomic mass is 79.9. The summed E-state index contributed by atoms with van der Waals surface area (Å²) in [6.07, 6.45) is 1.68. The standard InChI is InChI=1S/C12H14BrN3S/c1-7-9(14)6-15-12(11(7)13)16-8(2)10-4-3-5-17-10/h3-6,8H,14H2,1-2H3,(H,15,16). The first-order valence-corrected chi connectivity index (χ1v) is 6.97. The van der Waals surface area contributed by atoms with Crippen molar-refractivity contribution in [3.8, 4) is 0 Å². The molecule has 90 valence electrons. The molecule has 2 aromatic rings. The maximum Gasteiger partial charge on any atom is 0.141 e. The minimum atomic E-state index is 0.238. The molecule has 2 heterocycles. The molecule has 5 heteroatoms. The van der Waals surface area contributed by atoms with Crippen LogP contribution in [0.3, 0.4) is 0 Å². The maximum absolute atomic E-state index is 5.80. The van der Waals surface area contributed by atoms with Crippen molar-refractivity contribution in [2.45, 2.75) is 19.9 Å². The first-order valence-electron chi connectivity index (χ1n) is 5.30. The number of nitrogens with two attached hydrogens (primary N) is 1. The van der Waals surface area contributed by atoms with Crippen LogP contribution in [0.5, 0.6) is 0 Å². The van der Waals surface area contributed by atoms with E-state index in [2.05, 4.69) is 50.7 Å². The number of halogens is 1. The molecular weight excluding hydrogens is 298 g/mol. The predicted octanol–water partition coefficient (Wildman–Crippen LogP) is 3.97. The van der Waals surface area contributed by atoms with Crippen molar-refractivity contribution < 1.29 is 0 Å². The minimum absolute atomic E-state index is 0.238. The Morgan fingerprint density at radius 2 is 2.29 bits per heavy atom. The second kappa shape index (κ2) is 5.06. The van der Waals surface area contributed by atoms with Gasteiger partial charge in [-0.15, -0.1) is 11.3 Å². The lowest BCUT2D eigenvalue weighted by molar-refractivity contribution is 0.894. The summed E-state index contributed by atoms with van der Waals surface area (Å²) in [6.45, 7) is 4.09. The van der Waals surface area contributed by atoms with Gasteiger partial charge in [0.2, 0.25) is 0 Å². The van der Waals surface area contributed by atoms with Crippen LogP contribution in [0.2, 0.25) is 0 Å². The molecule has 17 heavy (non-hydrogen) atoms. The molecule has 3 N–H and O–H groups in total. The fraction of sp³-hybridized carbons (Fsp3) is 0.250. The highest BCUT2D eigenvalue weighted by Crippen LogP contribution is 2.31. The molecule has 0 amide bonds. The van der Waals surface area contributed by atoms with Gasteiger partial charge >= 0.3 is 0 Å². The Morgan fingerprint density at radius 1 is 1.53 bits per heavy atom. The molecule has 3 nitrogen and oxygen atoms in total. The Morgan fingerprint density at radius 3 is 2.94 bits per heavy atom. The molecule has 0 saturated carbocycles. The zero-order valence-corrected chi connectivity index (χ0v) is 12.1. The Balaban J connectivity index is 2.22. The van der Waals surface area contributed by atoms with Gasteiger partial charge in [-0.25, -0.2) is 4.98 Å². The van der Waals surface area contributed by atoms with Crippen LogP contribution in [0.4, 0.5) is 11.5 Å². The Labute approximate surface area is 113 Å². The maximum atomic E-state index is 5.80. The number of thiophene rings is 1. The van der Waals surface area contributed by atoms with Crippen LogP contribution in [0.15, 0.2) is 28.2 Å². The number of nitrogens with zero attached hydrogens (tertiary/aromatic N) is 1. The summed E-state index contributed by atoms with van der Waals surface area (Å²) < 4.78 is 0.931. The fourth-order valence-corrected chi connectivity index (χ4v) is 2.69. The SMILES string of the molecule is Cc1c(N)cnc(NC(C)c2cccs2)c1Br. The van der Waals surface area contributed by atoms with E-state index >= 15 is 0 Å². The first kappa shape index (κ1) is 12.4. The second-order valence-electron chi connectivity index (χ2n) is 3.88. The van der Waals surface area contributed by atoms with Crippen molar-refractivity contribution in [1.29, 1.82) is 0 Å². The van der Waals surface area contributed by atoms with Gasteiger partial charge in [0, 0.05) is 4.88 Å². The predicted molar refractivity (Wildman–Crippen MR) is 77.4 cm³/mol. The Kier molecular flexibility index (Phi) is 3.69. The van der Waals surface area contributed by atoms with Gasteiger partial charge in [0.25, 0.3) is 0 Å². The van der Waals surface area contributed by atoms with E-state index in [0.717, 1.165) is 15.9 Å². The van der Waals surface area contributed by atoms with Crippen LogP contribution in [0, 0.1) is 6.92 Å². The summed E-state index contributed by atoms with van der Waals surface area (Å²) >= 11 is 5.25. The average molecular weight is 312 g/mol. The van der Waals surface area contributed by atoms with Crippen LogP contribution in [-0.2, 0) is 0 Å². The third-order valence-corrected chi connectivity index (χ3v) is 4.65. The molecule has 0 aromatic carbocycles. The molecule has 0 aliphatic heterocycles. The minimum Gasteiger partial charge on any atom is -0.397 e. The van der Waals surface area contributed by atoms with E-state index in [1.54, 1.807) is 17.5 Å². The molecule has 0 aliphatic carbocycles. The molecule has 1 unspecified atom stereocenters. The molecule has 0 aliphatic rings. The van der Waals surface area contributed by atoms with Gasteiger partial charge < -0.3 is 11.1 Å². The number of hydrogen-bond acceptors (Lipinski definition) is 4. The van der Waals surface area contributed by atoms with Gasteiger partial charge in [0.15, 0.2) is 0 Å². The van der Waals surface area contributed by atoms with Crippen molar-refractivity contribution in [2.24, 2.45) is 0 Å². The van der Waals surface area contributed by atoms with Gasteiger partial charge in [-0.3, -0.25) is 0 Å². The molecule has 0 saturated heterocycles. The van der Waals surface area contributed by atoms with E-state index in [9.17, 15) is 0 Å². The quantitative estimate of drug-likeness (QED) is 0.901. The van der Waals surface area contributed by atoms with E-state index in [1.165, 1.54) is 4.88 Å². The second-order valence-corrected chi connectivity index (χ2v) is 5.65. The highest BCUT2D eigenvalue weighted by molar-refractivity contribution is 9.10. The molecule has 0 radical (unpaired) electrons. The summed E-state index contributed by atoms with van der Waals surface area (Å²) in [4.78, 5) is 5.60. The van der Waals surface area contributed by atoms with Crippen molar-refractivity contribution in [3.63, 3.8) is 0 Å². The molecular formula is C12H14BrN3S. The average Bonchev–Trinajstić information content (AvgIpc) is 2.83. The van der Waals surface area contributed by atoms with Crippen LogP contribution in [0.1, 0.15) is 23.4 Å². The van der Waals surface area contributed by atoms with Gasteiger partial charge in [-0.2, -0.15) is 0 Å². The van der Waals surface area contributed by atoms with Crippen LogP contribution < -0.4 is 11.1 Å². The highest BCUT2D eigenvalue weighted by Gasteiger charge is 2.11. The Hall–Kier alpha value is -1.07. The van der Waals surface area contributed by atoms with E-state index in [4.69, 9.17) is 5.73 Å². The number of anilines is 2. The number of nitrogen functional groups attached to an aromatic ring is 1. The summed E-state index contributed by atoms with van der Waals surface area (Å²) in [5.74, 6) is 0.831. The third-order valence-electron chi connectivity index (χ3n) is 2.63. The van der Waals surface area contributed by atoms with Crippen molar-refractivity contribution in [3.05, 3.63) is 38.6 Å². The third kappa shape index (κ3) is 2.61.